The number of nitrogens with zero attached hydrogens (tertiary/aromatic N) is 2. The van der Waals surface area contributed by atoms with Crippen LogP contribution in [-0.4, -0.2) is 69.5 Å². The third-order valence-corrected chi connectivity index (χ3v) is 8.90. The Balaban J connectivity index is 1.52. The number of benzene rings is 1. The third kappa shape index (κ3) is 4.91. The van der Waals surface area contributed by atoms with Gasteiger partial charge in [0.25, 0.3) is 0 Å². The second kappa shape index (κ2) is 9.88. The molecule has 3 aliphatic rings. The number of hydrogen-bond acceptors (Lipinski definition) is 5. The molecule has 2 saturated heterocycles. The lowest BCUT2D eigenvalue weighted by atomic mass is 9.83. The summed E-state index contributed by atoms with van der Waals surface area (Å²) >= 11 is 0. The van der Waals surface area contributed by atoms with E-state index in [0.29, 0.717) is 49.6 Å². The van der Waals surface area contributed by atoms with Crippen molar-refractivity contribution in [2.45, 2.75) is 62.3 Å². The first-order valence-electron chi connectivity index (χ1n) is 11.5. The van der Waals surface area contributed by atoms with Crippen molar-refractivity contribution >= 4 is 15.9 Å². The van der Waals surface area contributed by atoms with Crippen molar-refractivity contribution in [3.05, 3.63) is 23.8 Å². The highest BCUT2D eigenvalue weighted by Crippen LogP contribution is 2.35. The van der Waals surface area contributed by atoms with E-state index in [1.165, 1.54) is 43.5 Å². The smallest absolute Gasteiger partial charge is 0.246 e. The Morgan fingerprint density at radius 2 is 1.81 bits per heavy atom. The van der Waals surface area contributed by atoms with Crippen LogP contribution in [-0.2, 0) is 26.0 Å². The van der Waals surface area contributed by atoms with Crippen molar-refractivity contribution in [2.75, 3.05) is 40.0 Å². The summed E-state index contributed by atoms with van der Waals surface area (Å²) in [6.07, 6.45) is 8.66. The van der Waals surface area contributed by atoms with Crippen LogP contribution < -0.4 is 4.74 Å². The van der Waals surface area contributed by atoms with E-state index >= 15 is 0 Å². The molecule has 0 unspecified atom stereocenters. The summed E-state index contributed by atoms with van der Waals surface area (Å²) in [6.45, 7) is 2.24. The van der Waals surface area contributed by atoms with Crippen molar-refractivity contribution in [3.8, 4) is 5.75 Å². The molecule has 2 aliphatic heterocycles. The number of sulfonamides is 1. The Morgan fingerprint density at radius 1 is 1.06 bits per heavy atom. The molecule has 1 aromatic carbocycles. The minimum atomic E-state index is -3.71. The molecule has 3 fully saturated rings. The van der Waals surface area contributed by atoms with Crippen molar-refractivity contribution in [1.82, 2.24) is 9.21 Å². The van der Waals surface area contributed by atoms with Gasteiger partial charge in [0, 0.05) is 25.7 Å². The van der Waals surface area contributed by atoms with E-state index in [2.05, 4.69) is 4.90 Å². The molecule has 4 rings (SSSR count). The van der Waals surface area contributed by atoms with Crippen LogP contribution in [0.4, 0.5) is 0 Å². The standard InChI is InChI=1S/C23H34N2O5S/c1-29-21-10-9-18(16-22(21)31(27,28)24-12-14-30-15-13-24)17-23(26)25-11-5-8-20(25)19-6-3-2-4-7-19/h9-10,16,19-20H,2-8,11-15,17H2,1H3/t20-/m0/s1. The number of rotatable bonds is 6. The van der Waals surface area contributed by atoms with Gasteiger partial charge in [-0.05, 0) is 49.3 Å². The van der Waals surface area contributed by atoms with E-state index in [-0.39, 0.29) is 17.2 Å². The van der Waals surface area contributed by atoms with Gasteiger partial charge in [-0.15, -0.1) is 0 Å². The van der Waals surface area contributed by atoms with E-state index < -0.39 is 10.0 Å². The van der Waals surface area contributed by atoms with Gasteiger partial charge in [-0.2, -0.15) is 4.31 Å². The summed E-state index contributed by atoms with van der Waals surface area (Å²) in [5, 5.41) is 0. The van der Waals surface area contributed by atoms with Gasteiger partial charge in [0.2, 0.25) is 15.9 Å². The summed E-state index contributed by atoms with van der Waals surface area (Å²) in [4.78, 5) is 15.4. The zero-order valence-corrected chi connectivity index (χ0v) is 19.2. The van der Waals surface area contributed by atoms with Crippen molar-refractivity contribution in [2.24, 2.45) is 5.92 Å². The molecule has 31 heavy (non-hydrogen) atoms. The Kier molecular flexibility index (Phi) is 7.19. The van der Waals surface area contributed by atoms with Gasteiger partial charge in [0.1, 0.15) is 10.6 Å². The molecule has 0 aromatic heterocycles. The lowest BCUT2D eigenvalue weighted by molar-refractivity contribution is -0.132. The molecule has 8 heteroatoms. The molecule has 1 atom stereocenters. The monoisotopic (exact) mass is 450 g/mol. The van der Waals surface area contributed by atoms with Crippen LogP contribution in [0, 0.1) is 5.92 Å². The van der Waals surface area contributed by atoms with Crippen LogP contribution in [0.25, 0.3) is 0 Å². The molecule has 0 bridgehead atoms. The van der Waals surface area contributed by atoms with Crippen LogP contribution in [0.15, 0.2) is 23.1 Å². The molecule has 2 heterocycles. The lowest BCUT2D eigenvalue weighted by Crippen LogP contribution is -2.41. The summed E-state index contributed by atoms with van der Waals surface area (Å²) in [5.41, 5.74) is 0.715. The molecular formula is C23H34N2O5S. The minimum Gasteiger partial charge on any atom is -0.495 e. The topological polar surface area (TPSA) is 76.2 Å². The number of hydrogen-bond donors (Lipinski definition) is 0. The Bertz CT molecular complexity index is 876. The molecule has 172 valence electrons. The second-order valence-corrected chi connectivity index (χ2v) is 10.8. The second-order valence-electron chi connectivity index (χ2n) is 8.87. The number of carbonyl (C=O) groups is 1. The van der Waals surface area contributed by atoms with Crippen molar-refractivity contribution < 1.29 is 22.7 Å². The van der Waals surface area contributed by atoms with E-state index in [1.807, 2.05) is 0 Å². The predicted molar refractivity (Wildman–Crippen MR) is 118 cm³/mol. The maximum Gasteiger partial charge on any atom is 0.246 e. The Morgan fingerprint density at radius 3 is 2.52 bits per heavy atom. The van der Waals surface area contributed by atoms with Gasteiger partial charge >= 0.3 is 0 Å². The number of amides is 1. The normalized spacial score (nSPS) is 23.8. The Labute approximate surface area is 185 Å². The number of morpholine rings is 1. The summed E-state index contributed by atoms with van der Waals surface area (Å²) < 4.78 is 38.5. The average molecular weight is 451 g/mol. The molecule has 1 amide bonds. The first-order chi connectivity index (χ1) is 15.0. The van der Waals surface area contributed by atoms with Crippen molar-refractivity contribution in [1.29, 1.82) is 0 Å². The van der Waals surface area contributed by atoms with Crippen molar-refractivity contribution in [3.63, 3.8) is 0 Å². The summed E-state index contributed by atoms with van der Waals surface area (Å²) in [5.74, 6) is 1.03. The highest BCUT2D eigenvalue weighted by molar-refractivity contribution is 7.89. The van der Waals surface area contributed by atoms with Crippen LogP contribution in [0.2, 0.25) is 0 Å². The molecular weight excluding hydrogens is 416 g/mol. The molecule has 1 aromatic rings. The molecule has 1 saturated carbocycles. The van der Waals surface area contributed by atoms with E-state index in [4.69, 9.17) is 9.47 Å². The number of carbonyl (C=O) groups excluding carboxylic acids is 1. The SMILES string of the molecule is COc1ccc(CC(=O)N2CCC[C@H]2C2CCCCC2)cc1S(=O)(=O)N1CCOCC1. The highest BCUT2D eigenvalue weighted by Gasteiger charge is 2.35. The van der Waals surface area contributed by atoms with E-state index in [1.54, 1.807) is 18.2 Å². The van der Waals surface area contributed by atoms with Crippen LogP contribution >= 0.6 is 0 Å². The van der Waals surface area contributed by atoms with E-state index in [9.17, 15) is 13.2 Å². The van der Waals surface area contributed by atoms with Gasteiger partial charge < -0.3 is 14.4 Å². The van der Waals surface area contributed by atoms with Gasteiger partial charge in [-0.1, -0.05) is 25.3 Å². The summed E-state index contributed by atoms with van der Waals surface area (Å²) in [7, 11) is -2.24. The lowest BCUT2D eigenvalue weighted by Gasteiger charge is -2.34. The van der Waals surface area contributed by atoms with Crippen LogP contribution in [0.3, 0.4) is 0 Å². The van der Waals surface area contributed by atoms with Gasteiger partial charge in [-0.3, -0.25) is 4.79 Å². The average Bonchev–Trinajstić information content (AvgIpc) is 3.30. The molecule has 7 nitrogen and oxygen atoms in total. The van der Waals surface area contributed by atoms with Crippen LogP contribution in [0.1, 0.15) is 50.5 Å². The zero-order chi connectivity index (χ0) is 21.8. The maximum absolute atomic E-state index is 13.2. The quantitative estimate of drug-likeness (QED) is 0.666. The Hall–Kier alpha value is -1.64. The zero-order valence-electron chi connectivity index (χ0n) is 18.4. The third-order valence-electron chi connectivity index (χ3n) is 6.98. The first-order valence-corrected chi connectivity index (χ1v) is 13.0. The highest BCUT2D eigenvalue weighted by atomic mass is 32.2. The number of likely N-dealkylation sites (tertiary alicyclic amines) is 1. The largest absolute Gasteiger partial charge is 0.495 e. The van der Waals surface area contributed by atoms with Crippen LogP contribution in [0.5, 0.6) is 5.75 Å². The fourth-order valence-corrected chi connectivity index (χ4v) is 6.96. The van der Waals surface area contributed by atoms with E-state index in [0.717, 1.165) is 19.4 Å². The van der Waals surface area contributed by atoms with Gasteiger partial charge in [0.15, 0.2) is 0 Å². The van der Waals surface area contributed by atoms with Gasteiger partial charge in [-0.25, -0.2) is 8.42 Å². The summed E-state index contributed by atoms with van der Waals surface area (Å²) in [6, 6.07) is 5.44. The maximum atomic E-state index is 13.2. The fourth-order valence-electron chi connectivity index (χ4n) is 5.35. The number of ether oxygens (including phenoxy) is 2. The fraction of sp³-hybridized carbons (Fsp3) is 0.696. The first kappa shape index (κ1) is 22.6. The molecule has 1 aliphatic carbocycles. The van der Waals surface area contributed by atoms with Gasteiger partial charge in [0.05, 0.1) is 26.7 Å². The molecule has 0 N–H and O–H groups in total. The minimum absolute atomic E-state index is 0.105. The predicted octanol–water partition coefficient (Wildman–Crippen LogP) is 2.83. The molecule has 0 radical (unpaired) electrons. The number of methoxy groups -OCH3 is 1. The molecule has 0 spiro atoms.